The van der Waals surface area contributed by atoms with Crippen LogP contribution in [0.3, 0.4) is 0 Å². The molecular weight excluding hydrogens is 430 g/mol. The Morgan fingerprint density at radius 1 is 0.412 bits per heavy atom. The summed E-state index contributed by atoms with van der Waals surface area (Å²) in [7, 11) is 0. The van der Waals surface area contributed by atoms with E-state index in [1.165, 1.54) is 69.2 Å². The molecule has 2 aromatic heterocycles. The molecule has 0 amide bonds. The lowest BCUT2D eigenvalue weighted by molar-refractivity contribution is 1.19. The molecule has 8 rings (SSSR count). The predicted octanol–water partition coefficient (Wildman–Crippen LogP) is 9.46. The van der Waals surface area contributed by atoms with Gasteiger partial charge in [-0.25, -0.2) is 0 Å². The number of thiophene rings is 1. The van der Waals surface area contributed by atoms with Crippen molar-refractivity contribution in [2.24, 2.45) is 0 Å². The molecule has 8 aromatic rings. The van der Waals surface area contributed by atoms with Crippen molar-refractivity contribution in [2.45, 2.75) is 0 Å². The van der Waals surface area contributed by atoms with Crippen molar-refractivity contribution in [1.29, 1.82) is 0 Å². The van der Waals surface area contributed by atoms with E-state index in [1.54, 1.807) is 0 Å². The van der Waals surface area contributed by atoms with Gasteiger partial charge in [0, 0.05) is 36.6 Å². The maximum atomic E-state index is 2.44. The van der Waals surface area contributed by atoms with E-state index >= 15 is 0 Å². The number of rotatable bonds is 1. The molecule has 0 fully saturated rings. The van der Waals surface area contributed by atoms with Crippen molar-refractivity contribution >= 4 is 74.9 Å². The topological polar surface area (TPSA) is 4.93 Å². The lowest BCUT2D eigenvalue weighted by Crippen LogP contribution is -1.94. The summed E-state index contributed by atoms with van der Waals surface area (Å²) in [4.78, 5) is 0. The molecule has 34 heavy (non-hydrogen) atoms. The van der Waals surface area contributed by atoms with Crippen molar-refractivity contribution in [3.05, 3.63) is 115 Å². The van der Waals surface area contributed by atoms with Crippen LogP contribution < -0.4 is 0 Å². The van der Waals surface area contributed by atoms with Crippen LogP contribution in [0.5, 0.6) is 0 Å². The first-order valence-electron chi connectivity index (χ1n) is 11.6. The Labute approximate surface area is 200 Å². The van der Waals surface area contributed by atoms with Crippen LogP contribution >= 0.6 is 11.3 Å². The van der Waals surface area contributed by atoms with Crippen LogP contribution in [0.25, 0.3) is 69.2 Å². The van der Waals surface area contributed by atoms with Gasteiger partial charge in [0.05, 0.1) is 11.0 Å². The lowest BCUT2D eigenvalue weighted by Gasteiger charge is -2.11. The van der Waals surface area contributed by atoms with Crippen molar-refractivity contribution in [1.82, 2.24) is 4.57 Å². The largest absolute Gasteiger partial charge is 0.309 e. The van der Waals surface area contributed by atoms with Gasteiger partial charge in [-0.2, -0.15) is 0 Å². The molecule has 0 spiro atoms. The van der Waals surface area contributed by atoms with Gasteiger partial charge in [0.1, 0.15) is 0 Å². The molecule has 0 unspecified atom stereocenters. The average molecular weight is 450 g/mol. The van der Waals surface area contributed by atoms with E-state index in [-0.39, 0.29) is 0 Å². The summed E-state index contributed by atoms with van der Waals surface area (Å²) in [5, 5.41) is 10.4. The van der Waals surface area contributed by atoms with E-state index in [1.807, 2.05) is 11.3 Å². The number of aromatic nitrogens is 1. The molecule has 0 atom stereocenters. The zero-order valence-corrected chi connectivity index (χ0v) is 19.1. The number of para-hydroxylation sites is 1. The SMILES string of the molecule is c1ccc2c(c1)ccc1cc(-n3c4ccccc4c4cc5sc6ccccc6c5cc43)ccc12. The third-order valence-corrected chi connectivity index (χ3v) is 8.29. The van der Waals surface area contributed by atoms with Crippen LogP contribution in [0, 0.1) is 0 Å². The van der Waals surface area contributed by atoms with Gasteiger partial charge in [-0.15, -0.1) is 11.3 Å². The fourth-order valence-electron chi connectivity index (χ4n) is 5.60. The molecule has 2 heterocycles. The molecule has 0 saturated heterocycles. The van der Waals surface area contributed by atoms with Gasteiger partial charge >= 0.3 is 0 Å². The van der Waals surface area contributed by atoms with E-state index in [9.17, 15) is 0 Å². The Balaban J connectivity index is 1.49. The second kappa shape index (κ2) is 6.69. The number of hydrogen-bond acceptors (Lipinski definition) is 1. The van der Waals surface area contributed by atoms with Gasteiger partial charge in [0.2, 0.25) is 0 Å². The summed E-state index contributed by atoms with van der Waals surface area (Å²) >= 11 is 1.88. The zero-order chi connectivity index (χ0) is 22.2. The Bertz CT molecular complexity index is 2070. The van der Waals surface area contributed by atoms with E-state index < -0.39 is 0 Å². The highest BCUT2D eigenvalue weighted by molar-refractivity contribution is 7.25. The lowest BCUT2D eigenvalue weighted by atomic mass is 10.0. The molecule has 0 N–H and O–H groups in total. The van der Waals surface area contributed by atoms with Gasteiger partial charge in [-0.1, -0.05) is 78.9 Å². The van der Waals surface area contributed by atoms with Crippen LogP contribution in [0.2, 0.25) is 0 Å². The second-order valence-electron chi connectivity index (χ2n) is 9.01. The van der Waals surface area contributed by atoms with E-state index in [4.69, 9.17) is 0 Å². The van der Waals surface area contributed by atoms with Crippen LogP contribution in [0.4, 0.5) is 0 Å². The van der Waals surface area contributed by atoms with Gasteiger partial charge in [0.15, 0.2) is 0 Å². The van der Waals surface area contributed by atoms with Crippen LogP contribution in [-0.4, -0.2) is 4.57 Å². The maximum Gasteiger partial charge on any atom is 0.0548 e. The minimum Gasteiger partial charge on any atom is -0.309 e. The van der Waals surface area contributed by atoms with Crippen LogP contribution in [0.1, 0.15) is 0 Å². The zero-order valence-electron chi connectivity index (χ0n) is 18.3. The Morgan fingerprint density at radius 2 is 1.15 bits per heavy atom. The minimum atomic E-state index is 1.20. The van der Waals surface area contributed by atoms with Crippen molar-refractivity contribution in [2.75, 3.05) is 0 Å². The molecule has 2 heteroatoms. The first kappa shape index (κ1) is 18.3. The Hall–Kier alpha value is -4.14. The highest BCUT2D eigenvalue weighted by Gasteiger charge is 2.15. The number of fused-ring (bicyclic) bond motifs is 9. The van der Waals surface area contributed by atoms with Gasteiger partial charge < -0.3 is 4.57 Å². The summed E-state index contributed by atoms with van der Waals surface area (Å²) in [6, 6.07) is 42.3. The third-order valence-electron chi connectivity index (χ3n) is 7.16. The molecule has 1 nitrogen and oxygen atoms in total. The summed E-state index contributed by atoms with van der Waals surface area (Å²) in [5.74, 6) is 0. The summed E-state index contributed by atoms with van der Waals surface area (Å²) < 4.78 is 5.13. The smallest absolute Gasteiger partial charge is 0.0548 e. The average Bonchev–Trinajstić information content (AvgIpc) is 3.42. The number of benzene rings is 6. The fraction of sp³-hybridized carbons (Fsp3) is 0. The Kier molecular flexibility index (Phi) is 3.60. The first-order valence-corrected chi connectivity index (χ1v) is 12.4. The standard InChI is InChI=1S/C32H19NS/c1-2-8-23-20(7-1)13-14-21-17-22(15-16-24(21)23)33-29-11-5-3-9-25(29)27-19-32-28(18-30(27)33)26-10-4-6-12-31(26)34-32/h1-19H. The third kappa shape index (κ3) is 2.43. The van der Waals surface area contributed by atoms with Crippen LogP contribution in [0.15, 0.2) is 115 Å². The normalized spacial score (nSPS) is 12.1. The molecule has 0 bridgehead atoms. The van der Waals surface area contributed by atoms with E-state index in [0.717, 1.165) is 0 Å². The monoisotopic (exact) mass is 449 g/mol. The Morgan fingerprint density at radius 3 is 2.09 bits per heavy atom. The molecular formula is C32H19NS. The number of hydrogen-bond donors (Lipinski definition) is 0. The summed E-state index contributed by atoms with van der Waals surface area (Å²) in [6.07, 6.45) is 0. The van der Waals surface area contributed by atoms with E-state index in [0.29, 0.717) is 0 Å². The predicted molar refractivity (Wildman–Crippen MR) is 149 cm³/mol. The molecule has 0 saturated carbocycles. The second-order valence-corrected chi connectivity index (χ2v) is 10.1. The molecule has 0 radical (unpaired) electrons. The molecule has 158 valence electrons. The summed E-state index contributed by atoms with van der Waals surface area (Å²) in [5.41, 5.74) is 3.71. The minimum absolute atomic E-state index is 1.20. The number of nitrogens with zero attached hydrogens (tertiary/aromatic N) is 1. The molecule has 0 aliphatic rings. The maximum absolute atomic E-state index is 2.44. The van der Waals surface area contributed by atoms with Gasteiger partial charge in [-0.05, 0) is 57.9 Å². The molecule has 0 aliphatic heterocycles. The fourth-order valence-corrected chi connectivity index (χ4v) is 6.73. The highest BCUT2D eigenvalue weighted by Crippen LogP contribution is 2.41. The van der Waals surface area contributed by atoms with Crippen molar-refractivity contribution < 1.29 is 0 Å². The van der Waals surface area contributed by atoms with Crippen LogP contribution in [-0.2, 0) is 0 Å². The highest BCUT2D eigenvalue weighted by atomic mass is 32.1. The van der Waals surface area contributed by atoms with Crippen molar-refractivity contribution in [3.8, 4) is 5.69 Å². The molecule has 6 aromatic carbocycles. The first-order chi connectivity index (χ1) is 16.8. The molecule has 0 aliphatic carbocycles. The summed E-state index contributed by atoms with van der Waals surface area (Å²) in [6.45, 7) is 0. The van der Waals surface area contributed by atoms with Crippen molar-refractivity contribution in [3.63, 3.8) is 0 Å². The van der Waals surface area contributed by atoms with Gasteiger partial charge in [-0.3, -0.25) is 0 Å². The quantitative estimate of drug-likeness (QED) is 0.220. The van der Waals surface area contributed by atoms with Gasteiger partial charge in [0.25, 0.3) is 0 Å². The van der Waals surface area contributed by atoms with E-state index in [2.05, 4.69) is 120 Å².